The second-order valence-corrected chi connectivity index (χ2v) is 6.53. The van der Waals surface area contributed by atoms with E-state index in [1.54, 1.807) is 6.20 Å². The molecular formula is C16H21N3O2S. The third-order valence-electron chi connectivity index (χ3n) is 3.10. The quantitative estimate of drug-likeness (QED) is 0.764. The van der Waals surface area contributed by atoms with E-state index in [0.29, 0.717) is 11.0 Å². The highest BCUT2D eigenvalue weighted by Gasteiger charge is 2.14. The Morgan fingerprint density at radius 1 is 1.32 bits per heavy atom. The molecule has 0 radical (unpaired) electrons. The van der Waals surface area contributed by atoms with Crippen LogP contribution in [0.15, 0.2) is 36.5 Å². The number of carbonyl (C=O) groups excluding carboxylic acids is 1. The van der Waals surface area contributed by atoms with Crippen molar-refractivity contribution in [3.8, 4) is 10.4 Å². The van der Waals surface area contributed by atoms with Gasteiger partial charge in [-0.25, -0.2) is 9.78 Å². The predicted molar refractivity (Wildman–Crippen MR) is 90.0 cm³/mol. The number of anilines is 1. The number of hydrogen-bond donors (Lipinski definition) is 3. The normalized spacial score (nSPS) is 12.2. The summed E-state index contributed by atoms with van der Waals surface area (Å²) in [4.78, 5) is 17.2. The number of rotatable bonds is 6. The monoisotopic (exact) mass is 319 g/mol. The van der Waals surface area contributed by atoms with E-state index in [1.165, 1.54) is 11.3 Å². The standard InChI is InChI=1S/C16H21N3O2S/c1-11(2)8-13(10-20)18-15(21)19-16-17-9-14(22-16)12-6-4-3-5-7-12/h3-7,9,11,13,20H,8,10H2,1-2H3,(H2,17,18,19,21). The number of nitrogens with zero attached hydrogens (tertiary/aromatic N) is 1. The lowest BCUT2D eigenvalue weighted by molar-refractivity contribution is 0.214. The summed E-state index contributed by atoms with van der Waals surface area (Å²) in [6.45, 7) is 4.03. The molecule has 0 aliphatic carbocycles. The van der Waals surface area contributed by atoms with Gasteiger partial charge in [0.25, 0.3) is 0 Å². The van der Waals surface area contributed by atoms with Crippen molar-refractivity contribution in [3.63, 3.8) is 0 Å². The van der Waals surface area contributed by atoms with Crippen LogP contribution in [0.1, 0.15) is 20.3 Å². The second-order valence-electron chi connectivity index (χ2n) is 5.50. The van der Waals surface area contributed by atoms with Crippen molar-refractivity contribution in [3.05, 3.63) is 36.5 Å². The molecule has 0 bridgehead atoms. The molecule has 0 spiro atoms. The third-order valence-corrected chi connectivity index (χ3v) is 4.06. The smallest absolute Gasteiger partial charge is 0.321 e. The van der Waals surface area contributed by atoms with Crippen LogP contribution in [0.3, 0.4) is 0 Å². The van der Waals surface area contributed by atoms with Crippen LogP contribution in [0.2, 0.25) is 0 Å². The van der Waals surface area contributed by atoms with Gasteiger partial charge in [-0.3, -0.25) is 5.32 Å². The summed E-state index contributed by atoms with van der Waals surface area (Å²) >= 11 is 1.42. The Bertz CT molecular complexity index is 598. The molecule has 1 aromatic heterocycles. The zero-order valence-corrected chi connectivity index (χ0v) is 13.6. The Labute approximate surface area is 134 Å². The minimum Gasteiger partial charge on any atom is -0.394 e. The first-order valence-electron chi connectivity index (χ1n) is 7.28. The number of aliphatic hydroxyl groups excluding tert-OH is 1. The van der Waals surface area contributed by atoms with E-state index < -0.39 is 0 Å². The van der Waals surface area contributed by atoms with Gasteiger partial charge in [-0.1, -0.05) is 55.5 Å². The Morgan fingerprint density at radius 3 is 2.68 bits per heavy atom. The second kappa shape index (κ2) is 7.91. The summed E-state index contributed by atoms with van der Waals surface area (Å²) in [5, 5.41) is 15.3. The molecule has 1 unspecified atom stereocenters. The molecule has 1 atom stereocenters. The van der Waals surface area contributed by atoms with Gasteiger partial charge < -0.3 is 10.4 Å². The van der Waals surface area contributed by atoms with E-state index in [9.17, 15) is 9.90 Å². The Balaban J connectivity index is 1.94. The van der Waals surface area contributed by atoms with Crippen LogP contribution >= 0.6 is 11.3 Å². The zero-order valence-electron chi connectivity index (χ0n) is 12.7. The molecular weight excluding hydrogens is 298 g/mol. The number of aromatic nitrogens is 1. The molecule has 118 valence electrons. The first-order chi connectivity index (χ1) is 10.6. The average Bonchev–Trinajstić information content (AvgIpc) is 2.95. The number of aliphatic hydroxyl groups is 1. The van der Waals surface area contributed by atoms with E-state index in [4.69, 9.17) is 0 Å². The van der Waals surface area contributed by atoms with E-state index >= 15 is 0 Å². The van der Waals surface area contributed by atoms with Gasteiger partial charge in [0.1, 0.15) is 0 Å². The molecule has 0 saturated carbocycles. The highest BCUT2D eigenvalue weighted by atomic mass is 32.1. The van der Waals surface area contributed by atoms with Crippen molar-refractivity contribution in [1.82, 2.24) is 10.3 Å². The molecule has 5 nitrogen and oxygen atoms in total. The number of thiazole rings is 1. The van der Waals surface area contributed by atoms with Crippen LogP contribution in [0.5, 0.6) is 0 Å². The van der Waals surface area contributed by atoms with Gasteiger partial charge in [0.05, 0.1) is 17.5 Å². The van der Waals surface area contributed by atoms with Gasteiger partial charge in [0, 0.05) is 6.20 Å². The molecule has 2 rings (SSSR count). The van der Waals surface area contributed by atoms with E-state index in [2.05, 4.69) is 29.5 Å². The number of carbonyl (C=O) groups is 1. The number of benzene rings is 1. The van der Waals surface area contributed by atoms with Crippen LogP contribution in [0.25, 0.3) is 10.4 Å². The number of urea groups is 1. The first-order valence-corrected chi connectivity index (χ1v) is 8.09. The molecule has 3 N–H and O–H groups in total. The van der Waals surface area contributed by atoms with Crippen LogP contribution in [-0.2, 0) is 0 Å². The summed E-state index contributed by atoms with van der Waals surface area (Å²) in [6, 6.07) is 9.31. The van der Waals surface area contributed by atoms with Crippen LogP contribution in [-0.4, -0.2) is 28.8 Å². The fourth-order valence-corrected chi connectivity index (χ4v) is 2.95. The molecule has 22 heavy (non-hydrogen) atoms. The maximum atomic E-state index is 11.9. The van der Waals surface area contributed by atoms with E-state index in [1.807, 2.05) is 30.3 Å². The SMILES string of the molecule is CC(C)CC(CO)NC(=O)Nc1ncc(-c2ccccc2)s1. The number of hydrogen-bond acceptors (Lipinski definition) is 4. The van der Waals surface area contributed by atoms with Crippen molar-refractivity contribution < 1.29 is 9.90 Å². The molecule has 2 aromatic rings. The first kappa shape index (κ1) is 16.5. The molecule has 1 aromatic carbocycles. The van der Waals surface area contributed by atoms with Gasteiger partial charge in [-0.05, 0) is 17.9 Å². The third kappa shape index (κ3) is 4.82. The molecule has 6 heteroatoms. The largest absolute Gasteiger partial charge is 0.394 e. The fourth-order valence-electron chi connectivity index (χ4n) is 2.13. The highest BCUT2D eigenvalue weighted by Crippen LogP contribution is 2.28. The lowest BCUT2D eigenvalue weighted by atomic mass is 10.0. The molecule has 0 fully saturated rings. The minimum absolute atomic E-state index is 0.0707. The minimum atomic E-state index is -0.339. The van der Waals surface area contributed by atoms with Gasteiger partial charge >= 0.3 is 6.03 Å². The summed E-state index contributed by atoms with van der Waals surface area (Å²) in [5.74, 6) is 0.405. The molecule has 2 amide bonds. The van der Waals surface area contributed by atoms with Gasteiger partial charge in [0.15, 0.2) is 5.13 Å². The molecule has 0 aliphatic heterocycles. The topological polar surface area (TPSA) is 74.2 Å². The van der Waals surface area contributed by atoms with Crippen LogP contribution < -0.4 is 10.6 Å². The van der Waals surface area contributed by atoms with Gasteiger partial charge in [-0.15, -0.1) is 0 Å². The van der Waals surface area contributed by atoms with Gasteiger partial charge in [-0.2, -0.15) is 0 Å². The number of nitrogens with one attached hydrogen (secondary N) is 2. The van der Waals surface area contributed by atoms with E-state index in [-0.39, 0.29) is 18.7 Å². The zero-order chi connectivity index (χ0) is 15.9. The summed E-state index contributed by atoms with van der Waals surface area (Å²) in [7, 11) is 0. The molecule has 1 heterocycles. The predicted octanol–water partition coefficient (Wildman–Crippen LogP) is 3.34. The van der Waals surface area contributed by atoms with Crippen LogP contribution in [0.4, 0.5) is 9.93 Å². The maximum Gasteiger partial charge on any atom is 0.321 e. The lowest BCUT2D eigenvalue weighted by Crippen LogP contribution is -2.40. The van der Waals surface area contributed by atoms with Crippen molar-refractivity contribution in [2.45, 2.75) is 26.3 Å². The van der Waals surface area contributed by atoms with E-state index in [0.717, 1.165) is 16.9 Å². The number of amides is 2. The molecule has 0 aliphatic rings. The average molecular weight is 319 g/mol. The Hall–Kier alpha value is -1.92. The summed E-state index contributed by atoms with van der Waals surface area (Å²) < 4.78 is 0. The van der Waals surface area contributed by atoms with Crippen molar-refractivity contribution >= 4 is 22.5 Å². The Morgan fingerprint density at radius 2 is 2.05 bits per heavy atom. The van der Waals surface area contributed by atoms with Crippen molar-refractivity contribution in [2.24, 2.45) is 5.92 Å². The fraction of sp³-hybridized carbons (Fsp3) is 0.375. The van der Waals surface area contributed by atoms with Crippen molar-refractivity contribution in [1.29, 1.82) is 0 Å². The maximum absolute atomic E-state index is 11.9. The Kier molecular flexibility index (Phi) is 5.91. The highest BCUT2D eigenvalue weighted by molar-refractivity contribution is 7.19. The van der Waals surface area contributed by atoms with Crippen molar-refractivity contribution in [2.75, 3.05) is 11.9 Å². The molecule has 0 saturated heterocycles. The lowest BCUT2D eigenvalue weighted by Gasteiger charge is -2.17. The van der Waals surface area contributed by atoms with Crippen LogP contribution in [0, 0.1) is 5.92 Å². The van der Waals surface area contributed by atoms with Gasteiger partial charge in [0.2, 0.25) is 0 Å². The summed E-state index contributed by atoms with van der Waals surface area (Å²) in [5.41, 5.74) is 1.07. The summed E-state index contributed by atoms with van der Waals surface area (Å²) in [6.07, 6.45) is 2.48.